The standard InChI is InChI=1S/C13H14N4O4/c1-3-20-12(19)8-7(2)21-11(9(8)10(14)18)17-13-15-5-4-6-16-13/h4-6H,3H2,1-2H3,(H2,14,18)(H,15,16,17). The van der Waals surface area contributed by atoms with Crippen molar-refractivity contribution in [1.29, 1.82) is 0 Å². The highest BCUT2D eigenvalue weighted by Crippen LogP contribution is 2.29. The highest BCUT2D eigenvalue weighted by molar-refractivity contribution is 6.09. The summed E-state index contributed by atoms with van der Waals surface area (Å²) in [6, 6.07) is 1.64. The molecule has 8 heteroatoms. The zero-order chi connectivity index (χ0) is 15.4. The average molecular weight is 290 g/mol. The number of hydrogen-bond donors (Lipinski definition) is 2. The predicted molar refractivity (Wildman–Crippen MR) is 73.2 cm³/mol. The van der Waals surface area contributed by atoms with Gasteiger partial charge in [0.15, 0.2) is 0 Å². The van der Waals surface area contributed by atoms with E-state index < -0.39 is 11.9 Å². The maximum atomic E-state index is 11.9. The Morgan fingerprint density at radius 2 is 2.00 bits per heavy atom. The number of nitrogens with one attached hydrogen (secondary N) is 1. The Morgan fingerprint density at radius 1 is 1.33 bits per heavy atom. The predicted octanol–water partition coefficient (Wildman–Crippen LogP) is 1.40. The van der Waals surface area contributed by atoms with E-state index in [0.717, 1.165) is 0 Å². The SMILES string of the molecule is CCOC(=O)c1c(C)oc(Nc2ncccn2)c1C(N)=O. The van der Waals surface area contributed by atoms with Crippen molar-refractivity contribution in [2.45, 2.75) is 13.8 Å². The third-order valence-electron chi connectivity index (χ3n) is 2.60. The lowest BCUT2D eigenvalue weighted by molar-refractivity contribution is 0.0521. The number of nitrogens with zero attached hydrogens (tertiary/aromatic N) is 2. The van der Waals surface area contributed by atoms with Crippen molar-refractivity contribution in [2.24, 2.45) is 5.73 Å². The van der Waals surface area contributed by atoms with Crippen molar-refractivity contribution in [3.05, 3.63) is 35.3 Å². The molecule has 2 rings (SSSR count). The number of rotatable bonds is 5. The number of amides is 1. The van der Waals surface area contributed by atoms with Crippen LogP contribution in [0.3, 0.4) is 0 Å². The maximum absolute atomic E-state index is 11.9. The van der Waals surface area contributed by atoms with Crippen LogP contribution in [0.2, 0.25) is 0 Å². The van der Waals surface area contributed by atoms with Gasteiger partial charge in [-0.1, -0.05) is 0 Å². The van der Waals surface area contributed by atoms with E-state index in [4.69, 9.17) is 14.9 Å². The molecule has 2 aromatic rings. The molecule has 0 spiro atoms. The minimum absolute atomic E-state index is 0.00258. The smallest absolute Gasteiger partial charge is 0.342 e. The molecule has 0 bridgehead atoms. The number of nitrogens with two attached hydrogens (primary N) is 1. The Hall–Kier alpha value is -2.90. The van der Waals surface area contributed by atoms with E-state index in [-0.39, 0.29) is 35.3 Å². The lowest BCUT2D eigenvalue weighted by Crippen LogP contribution is -2.18. The molecule has 0 radical (unpaired) electrons. The van der Waals surface area contributed by atoms with Crippen LogP contribution >= 0.6 is 0 Å². The zero-order valence-corrected chi connectivity index (χ0v) is 11.5. The first-order chi connectivity index (χ1) is 10.0. The van der Waals surface area contributed by atoms with Gasteiger partial charge in [-0.3, -0.25) is 10.1 Å². The number of ether oxygens (including phenoxy) is 1. The summed E-state index contributed by atoms with van der Waals surface area (Å²) in [5.74, 6) is -1.04. The van der Waals surface area contributed by atoms with Gasteiger partial charge in [0.2, 0.25) is 11.8 Å². The van der Waals surface area contributed by atoms with Crippen LogP contribution in [-0.2, 0) is 4.74 Å². The van der Waals surface area contributed by atoms with Gasteiger partial charge >= 0.3 is 5.97 Å². The first-order valence-corrected chi connectivity index (χ1v) is 6.19. The Morgan fingerprint density at radius 3 is 2.57 bits per heavy atom. The number of aryl methyl sites for hydroxylation is 1. The van der Waals surface area contributed by atoms with Gasteiger partial charge in [-0.05, 0) is 19.9 Å². The second-order valence-electron chi connectivity index (χ2n) is 4.02. The van der Waals surface area contributed by atoms with Crippen molar-refractivity contribution in [1.82, 2.24) is 9.97 Å². The minimum Gasteiger partial charge on any atom is -0.462 e. The molecule has 2 aromatic heterocycles. The van der Waals surface area contributed by atoms with Crippen LogP contribution < -0.4 is 11.1 Å². The highest BCUT2D eigenvalue weighted by atomic mass is 16.5. The van der Waals surface area contributed by atoms with Gasteiger partial charge in [0.25, 0.3) is 5.91 Å². The fourth-order valence-electron chi connectivity index (χ4n) is 1.78. The first-order valence-electron chi connectivity index (χ1n) is 6.19. The molecule has 0 atom stereocenters. The topological polar surface area (TPSA) is 120 Å². The molecule has 0 saturated carbocycles. The number of furan rings is 1. The number of carbonyl (C=O) groups is 2. The molecule has 0 aliphatic carbocycles. The third kappa shape index (κ3) is 2.99. The number of esters is 1. The van der Waals surface area contributed by atoms with Gasteiger partial charge in [0.1, 0.15) is 16.9 Å². The largest absolute Gasteiger partial charge is 0.462 e. The van der Waals surface area contributed by atoms with Gasteiger partial charge < -0.3 is 14.9 Å². The summed E-state index contributed by atoms with van der Waals surface area (Å²) in [5, 5.41) is 2.71. The van der Waals surface area contributed by atoms with Gasteiger partial charge in [-0.15, -0.1) is 0 Å². The molecule has 21 heavy (non-hydrogen) atoms. The van der Waals surface area contributed by atoms with Gasteiger partial charge in [-0.2, -0.15) is 0 Å². The number of primary amides is 1. The number of hydrogen-bond acceptors (Lipinski definition) is 7. The van der Waals surface area contributed by atoms with Crippen LogP contribution in [0, 0.1) is 6.92 Å². The second kappa shape index (κ2) is 6.04. The highest BCUT2D eigenvalue weighted by Gasteiger charge is 2.28. The molecule has 2 heterocycles. The fourth-order valence-corrected chi connectivity index (χ4v) is 1.78. The van der Waals surface area contributed by atoms with Crippen molar-refractivity contribution in [3.8, 4) is 0 Å². The molecule has 1 amide bonds. The molecule has 0 fully saturated rings. The Bertz CT molecular complexity index is 666. The zero-order valence-electron chi connectivity index (χ0n) is 11.5. The normalized spacial score (nSPS) is 10.2. The quantitative estimate of drug-likeness (QED) is 0.798. The summed E-state index contributed by atoms with van der Waals surface area (Å²) in [6.07, 6.45) is 3.03. The fraction of sp³-hybridized carbons (Fsp3) is 0.231. The molecule has 0 aromatic carbocycles. The second-order valence-corrected chi connectivity index (χ2v) is 4.02. The first kappa shape index (κ1) is 14.5. The van der Waals surface area contributed by atoms with E-state index in [1.807, 2.05) is 0 Å². The molecule has 0 aliphatic heterocycles. The van der Waals surface area contributed by atoms with Crippen LogP contribution in [0.1, 0.15) is 33.4 Å². The van der Waals surface area contributed by atoms with E-state index in [2.05, 4.69) is 15.3 Å². The molecule has 3 N–H and O–H groups in total. The Kier molecular flexibility index (Phi) is 4.17. The monoisotopic (exact) mass is 290 g/mol. The molecule has 8 nitrogen and oxygen atoms in total. The average Bonchev–Trinajstić information content (AvgIpc) is 2.76. The lowest BCUT2D eigenvalue weighted by atomic mass is 10.1. The van der Waals surface area contributed by atoms with Crippen molar-refractivity contribution >= 4 is 23.7 Å². The van der Waals surface area contributed by atoms with Crippen LogP contribution in [0.25, 0.3) is 0 Å². The van der Waals surface area contributed by atoms with E-state index >= 15 is 0 Å². The van der Waals surface area contributed by atoms with E-state index in [9.17, 15) is 9.59 Å². The van der Waals surface area contributed by atoms with Crippen molar-refractivity contribution in [2.75, 3.05) is 11.9 Å². The van der Waals surface area contributed by atoms with Gasteiger partial charge in [-0.25, -0.2) is 14.8 Å². The van der Waals surface area contributed by atoms with E-state index in [1.165, 1.54) is 19.3 Å². The van der Waals surface area contributed by atoms with Crippen LogP contribution in [0.5, 0.6) is 0 Å². The summed E-state index contributed by atoms with van der Waals surface area (Å²) >= 11 is 0. The van der Waals surface area contributed by atoms with Gasteiger partial charge in [0, 0.05) is 12.4 Å². The summed E-state index contributed by atoms with van der Waals surface area (Å²) in [7, 11) is 0. The Labute approximate surface area is 120 Å². The van der Waals surface area contributed by atoms with E-state index in [1.54, 1.807) is 13.0 Å². The van der Waals surface area contributed by atoms with Crippen LogP contribution in [-0.4, -0.2) is 28.5 Å². The van der Waals surface area contributed by atoms with Crippen molar-refractivity contribution < 1.29 is 18.7 Å². The summed E-state index contributed by atoms with van der Waals surface area (Å²) in [4.78, 5) is 31.4. The molecule has 110 valence electrons. The third-order valence-corrected chi connectivity index (χ3v) is 2.60. The molecule has 0 unspecified atom stereocenters. The maximum Gasteiger partial charge on any atom is 0.342 e. The number of carbonyl (C=O) groups excluding carboxylic acids is 2. The van der Waals surface area contributed by atoms with Gasteiger partial charge in [0.05, 0.1) is 6.61 Å². The minimum atomic E-state index is -0.812. The molecule has 0 aliphatic rings. The molecule has 0 saturated heterocycles. The number of anilines is 2. The summed E-state index contributed by atoms with van der Waals surface area (Å²) in [5.41, 5.74) is 5.25. The summed E-state index contributed by atoms with van der Waals surface area (Å²) in [6.45, 7) is 3.37. The number of aromatic nitrogens is 2. The van der Waals surface area contributed by atoms with Crippen LogP contribution in [0.4, 0.5) is 11.8 Å². The molecular weight excluding hydrogens is 276 g/mol. The van der Waals surface area contributed by atoms with Crippen LogP contribution in [0.15, 0.2) is 22.9 Å². The summed E-state index contributed by atoms with van der Waals surface area (Å²) < 4.78 is 10.3. The van der Waals surface area contributed by atoms with Crippen molar-refractivity contribution in [3.63, 3.8) is 0 Å². The van der Waals surface area contributed by atoms with E-state index in [0.29, 0.717) is 0 Å². The molecular formula is C13H14N4O4. The lowest BCUT2D eigenvalue weighted by Gasteiger charge is -2.03. The Balaban J connectivity index is 2.45.